The van der Waals surface area contributed by atoms with Crippen molar-refractivity contribution in [1.29, 1.82) is 0 Å². The molecule has 0 bridgehead atoms. The van der Waals surface area contributed by atoms with Crippen molar-refractivity contribution in [2.75, 3.05) is 14.2 Å². The summed E-state index contributed by atoms with van der Waals surface area (Å²) in [6.07, 6.45) is 0. The van der Waals surface area contributed by atoms with Crippen LogP contribution in [0.3, 0.4) is 0 Å². The van der Waals surface area contributed by atoms with E-state index in [9.17, 15) is 4.79 Å². The van der Waals surface area contributed by atoms with Gasteiger partial charge in [0.25, 0.3) is 0 Å². The first-order chi connectivity index (χ1) is 15.5. The van der Waals surface area contributed by atoms with E-state index in [-0.39, 0.29) is 33.0 Å². The van der Waals surface area contributed by atoms with Crippen LogP contribution in [0.15, 0.2) is 30.3 Å². The van der Waals surface area contributed by atoms with Crippen molar-refractivity contribution in [2.24, 2.45) is 0 Å². The maximum atomic E-state index is 13.6. The number of carbonyl (C=O) groups is 1. The molecule has 0 saturated carbocycles. The van der Waals surface area contributed by atoms with E-state index in [0.717, 1.165) is 0 Å². The summed E-state index contributed by atoms with van der Waals surface area (Å²) in [4.78, 5) is 13.6. The zero-order chi connectivity index (χ0) is 25.9. The van der Waals surface area contributed by atoms with E-state index in [2.05, 4.69) is 0 Å². The van der Waals surface area contributed by atoms with Gasteiger partial charge in [0, 0.05) is 12.1 Å². The Labute approximate surface area is 224 Å². The molecule has 0 fully saturated rings. The third kappa shape index (κ3) is 9.60. The fourth-order valence-corrected chi connectivity index (χ4v) is 4.26. The van der Waals surface area contributed by atoms with Crippen LogP contribution in [0.1, 0.15) is 72.7 Å². The van der Waals surface area contributed by atoms with Gasteiger partial charge in [-0.2, -0.15) is 0 Å². The zero-order valence-corrected chi connectivity index (χ0v) is 23.3. The van der Waals surface area contributed by atoms with Gasteiger partial charge < -0.3 is 23.7 Å². The Bertz CT molecular complexity index is 957. The molecular weight excluding hydrogens is 458 g/mol. The summed E-state index contributed by atoms with van der Waals surface area (Å²) in [5.41, 5.74) is -1.16. The van der Waals surface area contributed by atoms with E-state index in [0.29, 0.717) is 39.6 Å². The van der Waals surface area contributed by atoms with Gasteiger partial charge in [0.2, 0.25) is 0 Å². The van der Waals surface area contributed by atoms with Crippen LogP contribution in [0.25, 0.3) is 0 Å². The van der Waals surface area contributed by atoms with Gasteiger partial charge in [-0.3, -0.25) is 4.79 Å². The number of ether oxygens (including phenoxy) is 5. The first-order valence-corrected chi connectivity index (χ1v) is 12.3. The number of hydrogen-bond donors (Lipinski definition) is 0. The van der Waals surface area contributed by atoms with Crippen molar-refractivity contribution in [3.05, 3.63) is 35.9 Å². The van der Waals surface area contributed by atoms with Crippen molar-refractivity contribution in [3.8, 4) is 28.7 Å². The van der Waals surface area contributed by atoms with Crippen LogP contribution in [-0.2, 0) is 0 Å². The Morgan fingerprint density at radius 3 is 1.43 bits per heavy atom. The first kappa shape index (κ1) is 31.2. The summed E-state index contributed by atoms with van der Waals surface area (Å²) in [5.74, 6) is 2.63. The van der Waals surface area contributed by atoms with E-state index in [4.69, 9.17) is 23.7 Å². The van der Waals surface area contributed by atoms with Crippen molar-refractivity contribution < 1.29 is 28.5 Å². The molecule has 0 aliphatic heterocycles. The molecule has 6 nitrogen and oxygen atoms in total. The average molecular weight is 499 g/mol. The van der Waals surface area contributed by atoms with E-state index in [1.54, 1.807) is 18.2 Å². The second-order valence-corrected chi connectivity index (χ2v) is 12.1. The van der Waals surface area contributed by atoms with E-state index < -0.39 is 16.8 Å². The predicted octanol–water partition coefficient (Wildman–Crippen LogP) is 5.73. The molecule has 0 spiro atoms. The number of rotatable bonds is 8. The quantitative estimate of drug-likeness (QED) is 0.342. The molecule has 0 radical (unpaired) electrons. The third-order valence-corrected chi connectivity index (χ3v) is 5.41. The van der Waals surface area contributed by atoms with Gasteiger partial charge in [-0.1, -0.05) is 6.07 Å². The summed E-state index contributed by atoms with van der Waals surface area (Å²) in [5, 5.41) is 0.670. The van der Waals surface area contributed by atoms with Crippen molar-refractivity contribution in [2.45, 2.75) is 79.1 Å². The molecule has 0 saturated heterocycles. The molecule has 35 heavy (non-hydrogen) atoms. The molecule has 0 aliphatic carbocycles. The molecule has 2 aromatic carbocycles. The van der Waals surface area contributed by atoms with E-state index in [1.165, 1.54) is 14.2 Å². The number of hydrogen-bond acceptors (Lipinski definition) is 6. The van der Waals surface area contributed by atoms with Gasteiger partial charge in [0.05, 0.1) is 19.5 Å². The fourth-order valence-electron chi connectivity index (χ4n) is 3.17. The Morgan fingerprint density at radius 2 is 1.09 bits per heavy atom. The summed E-state index contributed by atoms with van der Waals surface area (Å²) < 4.78 is 29.7. The van der Waals surface area contributed by atoms with Crippen LogP contribution in [-0.4, -0.2) is 55.4 Å². The van der Waals surface area contributed by atoms with Crippen LogP contribution < -0.4 is 29.0 Å². The van der Waals surface area contributed by atoms with Crippen LogP contribution in [0.2, 0.25) is 0 Å². The molecule has 2 rings (SSSR count). The molecule has 8 heteroatoms. The molecule has 1 atom stereocenters. The molecular formula is C27H40LiO6P. The molecule has 1 unspecified atom stereocenters. The molecule has 0 amide bonds. The monoisotopic (exact) mass is 498 g/mol. The Kier molecular flexibility index (Phi) is 10.6. The van der Waals surface area contributed by atoms with Crippen LogP contribution in [0.4, 0.5) is 0 Å². The van der Waals surface area contributed by atoms with Crippen LogP contribution in [0.5, 0.6) is 28.7 Å². The van der Waals surface area contributed by atoms with E-state index >= 15 is 0 Å². The molecule has 0 aliphatic rings. The molecule has 0 heterocycles. The molecule has 2 aromatic rings. The van der Waals surface area contributed by atoms with Crippen molar-refractivity contribution in [1.82, 2.24) is 0 Å². The molecule has 190 valence electrons. The van der Waals surface area contributed by atoms with Crippen molar-refractivity contribution >= 4 is 38.3 Å². The van der Waals surface area contributed by atoms with Crippen LogP contribution >= 0.6 is 8.58 Å². The predicted molar refractivity (Wildman–Crippen MR) is 147 cm³/mol. The van der Waals surface area contributed by atoms with Gasteiger partial charge in [-0.15, -0.1) is 0 Å². The van der Waals surface area contributed by atoms with Crippen LogP contribution in [0, 0.1) is 0 Å². The Hall–Kier alpha value is -1.86. The normalized spacial score (nSPS) is 12.2. The summed E-state index contributed by atoms with van der Waals surface area (Å²) in [6.45, 7) is 17.7. The first-order valence-electron chi connectivity index (χ1n) is 11.3. The van der Waals surface area contributed by atoms with Crippen molar-refractivity contribution in [3.63, 3.8) is 0 Å². The van der Waals surface area contributed by atoms with Gasteiger partial charge in [0.1, 0.15) is 51.1 Å². The second kappa shape index (κ2) is 11.9. The minimum absolute atomic E-state index is 0. The Balaban J connectivity index is 0.00000612. The number of carbonyl (C=O) groups excluding carboxylic acids is 1. The summed E-state index contributed by atoms with van der Waals surface area (Å²) >= 11 is 0. The second-order valence-electron chi connectivity index (χ2n) is 10.9. The Morgan fingerprint density at radius 1 is 0.686 bits per heavy atom. The van der Waals surface area contributed by atoms with Gasteiger partial charge in [-0.05, 0) is 83.0 Å². The third-order valence-electron chi connectivity index (χ3n) is 4.19. The maximum absolute atomic E-state index is 13.6. The minimum atomic E-state index is -0.496. The molecule has 0 N–H and O–H groups in total. The molecule has 0 aromatic heterocycles. The number of methoxy groups -OCH3 is 2. The standard InChI is InChI=1S/C27H39O6P.Li.H/c1-25(2,3)31-17-15-20(32-26(4,5)6)23(21(16-17)33-27(7,8)9)34-24(28)22-18(29-10)13-12-14-19(22)30-11;;/h12-16,34H,1-11H3;;. The topological polar surface area (TPSA) is 63.2 Å². The average Bonchev–Trinajstić information content (AvgIpc) is 2.66. The fraction of sp³-hybridized carbons (Fsp3) is 0.519. The SMILES string of the molecule is COc1cccc(OC)c1C(=O)Pc1c(OC(C)(C)C)cc(OC(C)(C)C)cc1OC(C)(C)C.[LiH]. The summed E-state index contributed by atoms with van der Waals surface area (Å²) in [6, 6.07) is 8.96. The number of benzene rings is 2. The zero-order valence-electron chi connectivity index (χ0n) is 22.3. The van der Waals surface area contributed by atoms with Gasteiger partial charge in [0.15, 0.2) is 5.52 Å². The summed E-state index contributed by atoms with van der Waals surface area (Å²) in [7, 11) is 2.78. The van der Waals surface area contributed by atoms with Gasteiger partial charge >= 0.3 is 18.9 Å². The van der Waals surface area contributed by atoms with E-state index in [1.807, 2.05) is 74.4 Å². The van der Waals surface area contributed by atoms with Gasteiger partial charge in [-0.25, -0.2) is 0 Å².